The number of ether oxygens (including phenoxy) is 1. The average molecular weight is 264 g/mol. The maximum Gasteiger partial charge on any atom is 0.261 e. The van der Waals surface area contributed by atoms with Gasteiger partial charge in [0.15, 0.2) is 5.75 Å². The Morgan fingerprint density at radius 1 is 1.56 bits per heavy atom. The molecule has 6 nitrogen and oxygen atoms in total. The third kappa shape index (κ3) is 2.57. The number of amides is 1. The van der Waals surface area contributed by atoms with E-state index in [2.05, 4.69) is 15.5 Å². The van der Waals surface area contributed by atoms with Crippen LogP contribution in [0, 0.1) is 0 Å². The smallest absolute Gasteiger partial charge is 0.261 e. The highest BCUT2D eigenvalue weighted by Crippen LogP contribution is 2.27. The molecule has 1 aromatic heterocycles. The summed E-state index contributed by atoms with van der Waals surface area (Å²) in [6, 6.07) is 5.04. The minimum absolute atomic E-state index is 0.317. The largest absolute Gasteiger partial charge is 0.491 e. The fourth-order valence-electron chi connectivity index (χ4n) is 1.43. The average Bonchev–Trinajstić information content (AvgIpc) is 2.84. The lowest BCUT2D eigenvalue weighted by Crippen LogP contribution is -2.14. The number of anilines is 2. The summed E-state index contributed by atoms with van der Waals surface area (Å²) in [6.45, 7) is 2.27. The molecule has 0 unspecified atom stereocenters. The van der Waals surface area contributed by atoms with Gasteiger partial charge in [-0.3, -0.25) is 10.1 Å². The van der Waals surface area contributed by atoms with E-state index in [-0.39, 0.29) is 5.91 Å². The molecule has 0 aliphatic carbocycles. The highest BCUT2D eigenvalue weighted by molar-refractivity contribution is 7.13. The zero-order valence-corrected chi connectivity index (χ0v) is 10.5. The lowest BCUT2D eigenvalue weighted by atomic mass is 10.1. The molecular weight excluding hydrogens is 252 g/mol. The maximum absolute atomic E-state index is 12.1. The summed E-state index contributed by atoms with van der Waals surface area (Å²) < 4.78 is 5.39. The molecular formula is C11H12N4O2S. The van der Waals surface area contributed by atoms with E-state index in [1.807, 2.05) is 6.92 Å². The molecule has 0 atom stereocenters. The second-order valence-corrected chi connectivity index (χ2v) is 4.19. The lowest BCUT2D eigenvalue weighted by Gasteiger charge is -2.11. The number of para-hydroxylation sites is 1. The third-order valence-corrected chi connectivity index (χ3v) is 2.77. The van der Waals surface area contributed by atoms with E-state index in [0.29, 0.717) is 28.7 Å². The number of hydrogen-bond acceptors (Lipinski definition) is 6. The van der Waals surface area contributed by atoms with Gasteiger partial charge in [-0.25, -0.2) is 0 Å². The quantitative estimate of drug-likeness (QED) is 0.821. The summed E-state index contributed by atoms with van der Waals surface area (Å²) in [6.07, 6.45) is 0. The third-order valence-electron chi connectivity index (χ3n) is 2.16. The van der Waals surface area contributed by atoms with Crippen LogP contribution in [0.25, 0.3) is 0 Å². The van der Waals surface area contributed by atoms with Crippen LogP contribution in [0.5, 0.6) is 5.75 Å². The first-order chi connectivity index (χ1) is 8.72. The molecule has 0 saturated carbocycles. The van der Waals surface area contributed by atoms with Gasteiger partial charge in [-0.05, 0) is 19.1 Å². The Morgan fingerprint density at radius 2 is 2.39 bits per heavy atom. The summed E-state index contributed by atoms with van der Waals surface area (Å²) in [5.41, 5.74) is 8.14. The number of nitrogens with two attached hydrogens (primary N) is 1. The number of carbonyl (C=O) groups excluding carboxylic acids is 1. The normalized spacial score (nSPS) is 10.1. The van der Waals surface area contributed by atoms with Crippen molar-refractivity contribution in [1.82, 2.24) is 10.2 Å². The number of nitrogens with zero attached hydrogens (tertiary/aromatic N) is 2. The van der Waals surface area contributed by atoms with Gasteiger partial charge in [0, 0.05) is 0 Å². The summed E-state index contributed by atoms with van der Waals surface area (Å²) in [5, 5.41) is 10.5. The topological polar surface area (TPSA) is 90.1 Å². The molecule has 0 spiro atoms. The van der Waals surface area contributed by atoms with Gasteiger partial charge in [0.1, 0.15) is 5.51 Å². The van der Waals surface area contributed by atoms with Crippen LogP contribution in [-0.4, -0.2) is 22.7 Å². The Hall–Kier alpha value is -2.15. The van der Waals surface area contributed by atoms with Crippen molar-refractivity contribution in [2.24, 2.45) is 0 Å². The maximum atomic E-state index is 12.1. The van der Waals surface area contributed by atoms with Crippen molar-refractivity contribution in [2.45, 2.75) is 6.92 Å². The van der Waals surface area contributed by atoms with E-state index < -0.39 is 0 Å². The van der Waals surface area contributed by atoms with Crippen LogP contribution in [0.4, 0.5) is 10.8 Å². The lowest BCUT2D eigenvalue weighted by molar-refractivity contribution is 0.102. The molecule has 0 aliphatic rings. The SMILES string of the molecule is CCOc1c(N)cccc1C(=O)Nc1nncs1. The summed E-state index contributed by atoms with van der Waals surface area (Å²) >= 11 is 1.24. The highest BCUT2D eigenvalue weighted by Gasteiger charge is 2.15. The van der Waals surface area contributed by atoms with E-state index in [0.717, 1.165) is 0 Å². The van der Waals surface area contributed by atoms with Crippen molar-refractivity contribution in [3.8, 4) is 5.75 Å². The number of nitrogens with one attached hydrogen (secondary N) is 1. The Morgan fingerprint density at radius 3 is 3.06 bits per heavy atom. The highest BCUT2D eigenvalue weighted by atomic mass is 32.1. The molecule has 7 heteroatoms. The molecule has 0 aliphatic heterocycles. The van der Waals surface area contributed by atoms with E-state index >= 15 is 0 Å². The standard InChI is InChI=1S/C11H12N4O2S/c1-2-17-9-7(4-3-5-8(9)12)10(16)14-11-15-13-6-18-11/h3-6H,2,12H2,1H3,(H,14,15,16). The Labute approximate surface area is 108 Å². The molecule has 2 rings (SSSR count). The fraction of sp³-hybridized carbons (Fsp3) is 0.182. The van der Waals surface area contributed by atoms with Gasteiger partial charge in [0.25, 0.3) is 5.91 Å². The molecule has 1 aromatic carbocycles. The Bertz CT molecular complexity index is 542. The monoisotopic (exact) mass is 264 g/mol. The predicted molar refractivity (Wildman–Crippen MR) is 69.9 cm³/mol. The number of hydrogen-bond donors (Lipinski definition) is 2. The van der Waals surface area contributed by atoms with Crippen LogP contribution in [0.1, 0.15) is 17.3 Å². The van der Waals surface area contributed by atoms with Gasteiger partial charge in [-0.1, -0.05) is 17.4 Å². The Balaban J connectivity index is 2.26. The minimum atomic E-state index is -0.317. The zero-order chi connectivity index (χ0) is 13.0. The molecule has 0 bridgehead atoms. The first-order valence-corrected chi connectivity index (χ1v) is 6.19. The summed E-state index contributed by atoms with van der Waals surface area (Å²) in [5.74, 6) is 0.0736. The van der Waals surface area contributed by atoms with E-state index in [1.54, 1.807) is 23.7 Å². The van der Waals surface area contributed by atoms with Gasteiger partial charge in [-0.2, -0.15) is 0 Å². The molecule has 2 aromatic rings. The van der Waals surface area contributed by atoms with Crippen molar-refractivity contribution < 1.29 is 9.53 Å². The molecule has 1 amide bonds. The first kappa shape index (κ1) is 12.3. The molecule has 3 N–H and O–H groups in total. The van der Waals surface area contributed by atoms with Crippen molar-refractivity contribution in [3.05, 3.63) is 29.3 Å². The predicted octanol–water partition coefficient (Wildman–Crippen LogP) is 1.77. The van der Waals surface area contributed by atoms with Gasteiger partial charge in [0.2, 0.25) is 5.13 Å². The van der Waals surface area contributed by atoms with Crippen LogP contribution < -0.4 is 15.8 Å². The molecule has 0 radical (unpaired) electrons. The van der Waals surface area contributed by atoms with E-state index in [4.69, 9.17) is 10.5 Å². The second kappa shape index (κ2) is 5.46. The Kier molecular flexibility index (Phi) is 3.73. The summed E-state index contributed by atoms with van der Waals surface area (Å²) in [7, 11) is 0. The molecule has 0 saturated heterocycles. The van der Waals surface area contributed by atoms with E-state index in [9.17, 15) is 4.79 Å². The van der Waals surface area contributed by atoms with Crippen LogP contribution in [0.2, 0.25) is 0 Å². The van der Waals surface area contributed by atoms with Gasteiger partial charge < -0.3 is 10.5 Å². The fourth-order valence-corrected chi connectivity index (χ4v) is 1.87. The number of nitrogen functional groups attached to an aromatic ring is 1. The van der Waals surface area contributed by atoms with Crippen LogP contribution in [0.15, 0.2) is 23.7 Å². The number of rotatable bonds is 4. The summed E-state index contributed by atoms with van der Waals surface area (Å²) in [4.78, 5) is 12.1. The van der Waals surface area contributed by atoms with Crippen molar-refractivity contribution in [3.63, 3.8) is 0 Å². The van der Waals surface area contributed by atoms with Crippen LogP contribution in [0.3, 0.4) is 0 Å². The zero-order valence-electron chi connectivity index (χ0n) is 9.71. The van der Waals surface area contributed by atoms with Gasteiger partial charge in [-0.15, -0.1) is 10.2 Å². The van der Waals surface area contributed by atoms with Gasteiger partial charge in [0.05, 0.1) is 17.9 Å². The molecule has 1 heterocycles. The van der Waals surface area contributed by atoms with Gasteiger partial charge >= 0.3 is 0 Å². The van der Waals surface area contributed by atoms with Crippen molar-refractivity contribution >= 4 is 28.1 Å². The van der Waals surface area contributed by atoms with Crippen LogP contribution >= 0.6 is 11.3 Å². The van der Waals surface area contributed by atoms with Crippen molar-refractivity contribution in [2.75, 3.05) is 17.7 Å². The molecule has 18 heavy (non-hydrogen) atoms. The number of carbonyl (C=O) groups is 1. The molecule has 0 fully saturated rings. The first-order valence-electron chi connectivity index (χ1n) is 5.31. The number of aromatic nitrogens is 2. The van der Waals surface area contributed by atoms with Crippen LogP contribution in [-0.2, 0) is 0 Å². The van der Waals surface area contributed by atoms with E-state index in [1.165, 1.54) is 11.3 Å². The molecule has 94 valence electrons. The number of benzene rings is 1. The second-order valence-electron chi connectivity index (χ2n) is 3.35. The minimum Gasteiger partial charge on any atom is -0.491 e. The van der Waals surface area contributed by atoms with Crippen molar-refractivity contribution in [1.29, 1.82) is 0 Å².